The van der Waals surface area contributed by atoms with Gasteiger partial charge in [0.05, 0.1) is 41.6 Å². The second kappa shape index (κ2) is 11.1. The minimum atomic E-state index is -0.298. The van der Waals surface area contributed by atoms with Crippen molar-refractivity contribution in [2.45, 2.75) is 0 Å². The second-order valence-electron chi connectivity index (χ2n) is 8.94. The fourth-order valence-electron chi connectivity index (χ4n) is 3.93. The highest BCUT2D eigenvalue weighted by Gasteiger charge is 2.16. The number of carbonyl (C=O) groups is 1. The number of fused-ring (bicyclic) bond motifs is 1. The normalized spacial score (nSPS) is 11.0. The molecule has 4 rings (SSSR count). The van der Waals surface area contributed by atoms with E-state index in [0.717, 1.165) is 40.9 Å². The summed E-state index contributed by atoms with van der Waals surface area (Å²) < 4.78 is 7.54. The van der Waals surface area contributed by atoms with E-state index in [1.165, 1.54) is 12.4 Å². The van der Waals surface area contributed by atoms with Crippen LogP contribution < -0.4 is 20.3 Å². The molecule has 0 aliphatic rings. The van der Waals surface area contributed by atoms with Gasteiger partial charge in [-0.25, -0.2) is 9.97 Å². The summed E-state index contributed by atoms with van der Waals surface area (Å²) in [6.45, 7) is 5.19. The van der Waals surface area contributed by atoms with Crippen molar-refractivity contribution in [3.05, 3.63) is 61.6 Å². The maximum absolute atomic E-state index is 12.2. The molecule has 0 atom stereocenters. The van der Waals surface area contributed by atoms with Gasteiger partial charge in [0.15, 0.2) is 0 Å². The number of aryl methyl sites for hydroxylation is 1. The largest absolute Gasteiger partial charge is 0.494 e. The lowest BCUT2D eigenvalue weighted by atomic mass is 10.1. The Labute approximate surface area is 216 Å². The molecule has 4 aromatic rings. The van der Waals surface area contributed by atoms with Crippen LogP contribution in [0.15, 0.2) is 61.6 Å². The maximum Gasteiger partial charge on any atom is 0.247 e. The molecule has 192 valence electrons. The number of nitrogens with one attached hydrogen (secondary N) is 2. The van der Waals surface area contributed by atoms with Gasteiger partial charge in [0.2, 0.25) is 5.91 Å². The molecule has 0 saturated carbocycles. The fourth-order valence-corrected chi connectivity index (χ4v) is 3.93. The third-order valence-electron chi connectivity index (χ3n) is 6.03. The number of ether oxygens (including phenoxy) is 1. The van der Waals surface area contributed by atoms with Crippen molar-refractivity contribution >= 4 is 39.7 Å². The fraction of sp³-hybridized carbons (Fsp3) is 0.259. The van der Waals surface area contributed by atoms with Crippen LogP contribution in [0.5, 0.6) is 5.75 Å². The zero-order valence-electron chi connectivity index (χ0n) is 21.8. The first-order valence-electron chi connectivity index (χ1n) is 11.8. The first kappa shape index (κ1) is 25.6. The average molecular weight is 501 g/mol. The molecule has 0 aliphatic heterocycles. The van der Waals surface area contributed by atoms with Crippen LogP contribution in [-0.4, -0.2) is 71.9 Å². The number of amides is 1. The monoisotopic (exact) mass is 500 g/mol. The Hall–Kier alpha value is -4.44. The van der Waals surface area contributed by atoms with Gasteiger partial charge in [-0.3, -0.25) is 9.48 Å². The van der Waals surface area contributed by atoms with Crippen molar-refractivity contribution in [1.29, 1.82) is 0 Å². The number of hydrogen-bond acceptors (Lipinski definition) is 8. The van der Waals surface area contributed by atoms with E-state index in [9.17, 15) is 4.79 Å². The lowest BCUT2D eigenvalue weighted by Gasteiger charge is -2.26. The Balaban J connectivity index is 1.68. The van der Waals surface area contributed by atoms with Crippen molar-refractivity contribution < 1.29 is 9.53 Å². The van der Waals surface area contributed by atoms with Gasteiger partial charge in [-0.05, 0) is 32.3 Å². The standard InChI is InChI=1S/C27H32N8O2/c1-7-27(36)32-21-13-22(25(37-6)15-24(21)34(4)11-10-33(2)3)31-26-14-20(28-17-29-26)18-8-9-19-16-30-35(5)23(19)12-18/h7-9,12-17H,1,10-11H2,2-6H3,(H,32,36)(H,28,29,31). The van der Waals surface area contributed by atoms with E-state index >= 15 is 0 Å². The topological polar surface area (TPSA) is 100 Å². The van der Waals surface area contributed by atoms with Gasteiger partial charge in [0, 0.05) is 50.3 Å². The number of likely N-dealkylation sites (N-methyl/N-ethyl adjacent to an activating group) is 2. The van der Waals surface area contributed by atoms with Gasteiger partial charge in [0.1, 0.15) is 17.9 Å². The molecule has 0 spiro atoms. The van der Waals surface area contributed by atoms with E-state index < -0.39 is 0 Å². The smallest absolute Gasteiger partial charge is 0.247 e. The van der Waals surface area contributed by atoms with Gasteiger partial charge >= 0.3 is 0 Å². The predicted octanol–water partition coefficient (Wildman–Crippen LogP) is 3.90. The Kier molecular flexibility index (Phi) is 7.69. The summed E-state index contributed by atoms with van der Waals surface area (Å²) in [6.07, 6.45) is 4.60. The lowest BCUT2D eigenvalue weighted by molar-refractivity contribution is -0.111. The van der Waals surface area contributed by atoms with Crippen LogP contribution in [0.25, 0.3) is 22.2 Å². The lowest BCUT2D eigenvalue weighted by Crippen LogP contribution is -2.29. The van der Waals surface area contributed by atoms with E-state index in [0.29, 0.717) is 22.9 Å². The van der Waals surface area contributed by atoms with Crippen LogP contribution in [0.4, 0.5) is 22.9 Å². The first-order chi connectivity index (χ1) is 17.8. The van der Waals surface area contributed by atoms with Gasteiger partial charge in [0.25, 0.3) is 0 Å². The highest BCUT2D eigenvalue weighted by Crippen LogP contribution is 2.38. The molecule has 2 N–H and O–H groups in total. The third kappa shape index (κ3) is 5.87. The summed E-state index contributed by atoms with van der Waals surface area (Å²) in [7, 11) is 9.54. The van der Waals surface area contributed by atoms with Crippen LogP contribution in [0.1, 0.15) is 0 Å². The van der Waals surface area contributed by atoms with Crippen molar-refractivity contribution in [1.82, 2.24) is 24.6 Å². The molecule has 10 nitrogen and oxygen atoms in total. The van der Waals surface area contributed by atoms with E-state index in [1.807, 2.05) is 69.4 Å². The second-order valence-corrected chi connectivity index (χ2v) is 8.94. The molecule has 37 heavy (non-hydrogen) atoms. The molecule has 0 fully saturated rings. The molecule has 2 aromatic heterocycles. The van der Waals surface area contributed by atoms with Gasteiger partial charge in [-0.2, -0.15) is 5.10 Å². The number of aromatic nitrogens is 4. The molecule has 10 heteroatoms. The summed E-state index contributed by atoms with van der Waals surface area (Å²) in [6, 6.07) is 11.7. The summed E-state index contributed by atoms with van der Waals surface area (Å²) in [5.41, 5.74) is 4.84. The van der Waals surface area contributed by atoms with Crippen LogP contribution in [0.2, 0.25) is 0 Å². The summed E-state index contributed by atoms with van der Waals surface area (Å²) in [5.74, 6) is 0.899. The third-order valence-corrected chi connectivity index (χ3v) is 6.03. The zero-order chi connectivity index (χ0) is 26.5. The Morgan fingerprint density at radius 1 is 1.11 bits per heavy atom. The zero-order valence-corrected chi connectivity index (χ0v) is 21.8. The molecule has 0 radical (unpaired) electrons. The quantitative estimate of drug-likeness (QED) is 0.316. The van der Waals surface area contributed by atoms with Crippen LogP contribution in [-0.2, 0) is 11.8 Å². The number of nitrogens with zero attached hydrogens (tertiary/aromatic N) is 6. The Morgan fingerprint density at radius 3 is 2.65 bits per heavy atom. The van der Waals surface area contributed by atoms with Gasteiger partial charge in [-0.15, -0.1) is 0 Å². The minimum Gasteiger partial charge on any atom is -0.494 e. The minimum absolute atomic E-state index is 0.298. The van der Waals surface area contributed by atoms with E-state index in [1.54, 1.807) is 7.11 Å². The van der Waals surface area contributed by atoms with Gasteiger partial charge < -0.3 is 25.2 Å². The van der Waals surface area contributed by atoms with Crippen molar-refractivity contribution in [2.75, 3.05) is 56.9 Å². The highest BCUT2D eigenvalue weighted by atomic mass is 16.5. The summed E-state index contributed by atoms with van der Waals surface area (Å²) in [5, 5.41) is 11.6. The number of carbonyl (C=O) groups excluding carboxylic acids is 1. The first-order valence-corrected chi connectivity index (χ1v) is 11.8. The highest BCUT2D eigenvalue weighted by molar-refractivity contribution is 6.02. The van der Waals surface area contributed by atoms with E-state index in [4.69, 9.17) is 4.74 Å². The van der Waals surface area contributed by atoms with E-state index in [2.05, 4.69) is 48.1 Å². The number of methoxy groups -OCH3 is 1. The predicted molar refractivity (Wildman–Crippen MR) is 149 cm³/mol. The Morgan fingerprint density at radius 2 is 1.92 bits per heavy atom. The molecular weight excluding hydrogens is 468 g/mol. The summed E-state index contributed by atoms with van der Waals surface area (Å²) >= 11 is 0. The molecule has 0 unspecified atom stereocenters. The maximum atomic E-state index is 12.2. The van der Waals surface area contributed by atoms with E-state index in [-0.39, 0.29) is 5.91 Å². The molecule has 2 heterocycles. The van der Waals surface area contributed by atoms with Crippen LogP contribution in [0.3, 0.4) is 0 Å². The molecule has 2 aromatic carbocycles. The number of anilines is 4. The Bertz CT molecular complexity index is 1430. The molecule has 0 bridgehead atoms. The number of benzene rings is 2. The van der Waals surface area contributed by atoms with Crippen molar-refractivity contribution in [3.8, 4) is 17.0 Å². The number of rotatable bonds is 10. The molecule has 1 amide bonds. The number of hydrogen-bond donors (Lipinski definition) is 2. The van der Waals surface area contributed by atoms with Crippen molar-refractivity contribution in [3.63, 3.8) is 0 Å². The van der Waals surface area contributed by atoms with Crippen LogP contribution in [0, 0.1) is 0 Å². The van der Waals surface area contributed by atoms with Crippen LogP contribution >= 0.6 is 0 Å². The SMILES string of the molecule is C=CC(=O)Nc1cc(Nc2cc(-c3ccc4cnn(C)c4c3)ncn2)c(OC)cc1N(C)CCN(C)C. The van der Waals surface area contributed by atoms with Crippen molar-refractivity contribution in [2.24, 2.45) is 7.05 Å². The summed E-state index contributed by atoms with van der Waals surface area (Å²) in [4.78, 5) is 25.3. The molecular formula is C27H32N8O2. The average Bonchev–Trinajstić information content (AvgIpc) is 3.27. The molecule has 0 saturated heterocycles. The van der Waals surface area contributed by atoms with Gasteiger partial charge in [-0.1, -0.05) is 18.7 Å². The molecule has 0 aliphatic carbocycles.